The van der Waals surface area contributed by atoms with Gasteiger partial charge in [0.25, 0.3) is 0 Å². The molecule has 1 rings (SSSR count). The van der Waals surface area contributed by atoms with Gasteiger partial charge in [-0.1, -0.05) is 49.3 Å². The summed E-state index contributed by atoms with van der Waals surface area (Å²) in [6.07, 6.45) is 2.32. The molecule has 0 atom stereocenters. The molecule has 0 fully saturated rings. The third kappa shape index (κ3) is 3.49. The quantitative estimate of drug-likeness (QED) is 0.813. The molecule has 0 unspecified atom stereocenters. The largest absolute Gasteiger partial charge is 0.316 e. The molecule has 0 heterocycles. The maximum atomic E-state index is 3.23. The van der Waals surface area contributed by atoms with Gasteiger partial charge in [-0.2, -0.15) is 0 Å². The van der Waals surface area contributed by atoms with E-state index in [-0.39, 0.29) is 0 Å². The molecular formula is C15H23N. The topological polar surface area (TPSA) is 12.0 Å². The van der Waals surface area contributed by atoms with Gasteiger partial charge in [0.2, 0.25) is 0 Å². The Morgan fingerprint density at radius 1 is 1.31 bits per heavy atom. The van der Waals surface area contributed by atoms with Crippen LogP contribution >= 0.6 is 0 Å². The predicted octanol–water partition coefficient (Wildman–Crippen LogP) is 3.56. The molecular weight excluding hydrogens is 194 g/mol. The van der Waals surface area contributed by atoms with Crippen molar-refractivity contribution in [1.29, 1.82) is 0 Å². The molecule has 1 nitrogen and oxygen atoms in total. The van der Waals surface area contributed by atoms with Crippen LogP contribution < -0.4 is 5.32 Å². The van der Waals surface area contributed by atoms with E-state index in [0.29, 0.717) is 5.92 Å². The second-order valence-corrected chi connectivity index (χ2v) is 4.76. The summed E-state index contributed by atoms with van der Waals surface area (Å²) in [7, 11) is 2.00. The first-order valence-electron chi connectivity index (χ1n) is 5.97. The lowest BCUT2D eigenvalue weighted by Crippen LogP contribution is -2.13. The van der Waals surface area contributed by atoms with Crippen molar-refractivity contribution in [3.05, 3.63) is 40.5 Å². The lowest BCUT2D eigenvalue weighted by molar-refractivity contribution is 0.713. The minimum atomic E-state index is 0.591. The Morgan fingerprint density at radius 3 is 2.50 bits per heavy atom. The Balaban J connectivity index is 3.02. The number of hydrogen-bond acceptors (Lipinski definition) is 1. The molecule has 0 bridgehead atoms. The SMILES string of the molecule is CNCC(=Cc1ccc(C)cc1C)C(C)C. The van der Waals surface area contributed by atoms with Crippen LogP contribution in [0.4, 0.5) is 0 Å². The number of nitrogens with one attached hydrogen (secondary N) is 1. The Kier molecular flexibility index (Phi) is 4.75. The molecule has 1 N–H and O–H groups in total. The zero-order chi connectivity index (χ0) is 12.1. The fourth-order valence-electron chi connectivity index (χ4n) is 1.81. The van der Waals surface area contributed by atoms with Crippen LogP contribution in [-0.4, -0.2) is 13.6 Å². The number of hydrogen-bond donors (Lipinski definition) is 1. The summed E-state index contributed by atoms with van der Waals surface area (Å²) in [5.41, 5.74) is 5.47. The van der Waals surface area contributed by atoms with Crippen LogP contribution in [0.25, 0.3) is 6.08 Å². The molecule has 88 valence electrons. The highest BCUT2D eigenvalue weighted by Gasteiger charge is 2.03. The highest BCUT2D eigenvalue weighted by Crippen LogP contribution is 2.18. The van der Waals surface area contributed by atoms with Gasteiger partial charge in [0.1, 0.15) is 0 Å². The van der Waals surface area contributed by atoms with Gasteiger partial charge < -0.3 is 5.32 Å². The maximum Gasteiger partial charge on any atom is 0.0167 e. The van der Waals surface area contributed by atoms with Gasteiger partial charge in [-0.15, -0.1) is 0 Å². The van der Waals surface area contributed by atoms with Crippen LogP contribution in [0.15, 0.2) is 23.8 Å². The van der Waals surface area contributed by atoms with E-state index in [4.69, 9.17) is 0 Å². The third-order valence-corrected chi connectivity index (χ3v) is 2.89. The third-order valence-electron chi connectivity index (χ3n) is 2.89. The van der Waals surface area contributed by atoms with Crippen molar-refractivity contribution in [3.63, 3.8) is 0 Å². The number of likely N-dealkylation sites (N-methyl/N-ethyl adjacent to an activating group) is 1. The molecule has 0 aliphatic heterocycles. The normalized spacial score (nSPS) is 12.2. The second kappa shape index (κ2) is 5.86. The van der Waals surface area contributed by atoms with E-state index in [1.165, 1.54) is 22.3 Å². The number of rotatable bonds is 4. The van der Waals surface area contributed by atoms with E-state index in [1.54, 1.807) is 0 Å². The Hall–Kier alpha value is -1.08. The second-order valence-electron chi connectivity index (χ2n) is 4.76. The van der Waals surface area contributed by atoms with E-state index < -0.39 is 0 Å². The monoisotopic (exact) mass is 217 g/mol. The van der Waals surface area contributed by atoms with Gasteiger partial charge in [-0.3, -0.25) is 0 Å². The van der Waals surface area contributed by atoms with Crippen molar-refractivity contribution in [1.82, 2.24) is 5.32 Å². The Labute approximate surface area is 99.6 Å². The van der Waals surface area contributed by atoms with Crippen LogP contribution in [0.3, 0.4) is 0 Å². The molecule has 0 aliphatic rings. The summed E-state index contributed by atoms with van der Waals surface area (Å²) in [6.45, 7) is 9.76. The van der Waals surface area contributed by atoms with Crippen LogP contribution in [0.2, 0.25) is 0 Å². The molecule has 0 spiro atoms. The van der Waals surface area contributed by atoms with Crippen LogP contribution in [0.1, 0.15) is 30.5 Å². The van der Waals surface area contributed by atoms with Crippen LogP contribution in [-0.2, 0) is 0 Å². The van der Waals surface area contributed by atoms with E-state index in [2.05, 4.69) is 57.3 Å². The van der Waals surface area contributed by atoms with Gasteiger partial charge in [0.05, 0.1) is 0 Å². The van der Waals surface area contributed by atoms with Gasteiger partial charge in [0.15, 0.2) is 0 Å². The van der Waals surface area contributed by atoms with Gasteiger partial charge in [0, 0.05) is 6.54 Å². The molecule has 0 saturated heterocycles. The minimum Gasteiger partial charge on any atom is -0.316 e. The van der Waals surface area contributed by atoms with Crippen molar-refractivity contribution >= 4 is 6.08 Å². The lowest BCUT2D eigenvalue weighted by atomic mass is 9.97. The first kappa shape index (κ1) is 13.0. The van der Waals surface area contributed by atoms with E-state index in [9.17, 15) is 0 Å². The zero-order valence-corrected chi connectivity index (χ0v) is 11.1. The summed E-state index contributed by atoms with van der Waals surface area (Å²) < 4.78 is 0. The smallest absolute Gasteiger partial charge is 0.0167 e. The number of benzene rings is 1. The van der Waals surface area contributed by atoms with E-state index in [0.717, 1.165) is 6.54 Å². The molecule has 0 aliphatic carbocycles. The summed E-state index contributed by atoms with van der Waals surface area (Å²) >= 11 is 0. The van der Waals surface area contributed by atoms with Crippen LogP contribution in [0.5, 0.6) is 0 Å². The average molecular weight is 217 g/mol. The highest BCUT2D eigenvalue weighted by atomic mass is 14.8. The summed E-state index contributed by atoms with van der Waals surface area (Å²) in [5.74, 6) is 0.591. The molecule has 0 amide bonds. The van der Waals surface area contributed by atoms with Crippen molar-refractivity contribution in [3.8, 4) is 0 Å². The molecule has 0 aromatic heterocycles. The molecule has 0 radical (unpaired) electrons. The molecule has 1 heteroatoms. The van der Waals surface area contributed by atoms with E-state index >= 15 is 0 Å². The molecule has 1 aromatic carbocycles. The van der Waals surface area contributed by atoms with Gasteiger partial charge >= 0.3 is 0 Å². The first-order chi connectivity index (χ1) is 7.54. The predicted molar refractivity (Wildman–Crippen MR) is 72.7 cm³/mol. The summed E-state index contributed by atoms with van der Waals surface area (Å²) in [6, 6.07) is 6.63. The highest BCUT2D eigenvalue weighted by molar-refractivity contribution is 5.57. The van der Waals surface area contributed by atoms with Crippen molar-refractivity contribution < 1.29 is 0 Å². The summed E-state index contributed by atoms with van der Waals surface area (Å²) in [5, 5.41) is 3.23. The van der Waals surface area contributed by atoms with Crippen molar-refractivity contribution in [2.45, 2.75) is 27.7 Å². The molecule has 0 saturated carbocycles. The van der Waals surface area contributed by atoms with E-state index in [1.807, 2.05) is 7.05 Å². The Bertz CT molecular complexity index is 375. The van der Waals surface area contributed by atoms with Gasteiger partial charge in [-0.05, 0) is 37.9 Å². The van der Waals surface area contributed by atoms with Crippen molar-refractivity contribution in [2.24, 2.45) is 5.92 Å². The van der Waals surface area contributed by atoms with Crippen molar-refractivity contribution in [2.75, 3.05) is 13.6 Å². The first-order valence-corrected chi connectivity index (χ1v) is 5.97. The standard InChI is InChI=1S/C15H23N/c1-11(2)15(10-16-5)9-14-7-6-12(3)8-13(14)4/h6-9,11,16H,10H2,1-5H3. The maximum absolute atomic E-state index is 3.23. The van der Waals surface area contributed by atoms with Gasteiger partial charge in [-0.25, -0.2) is 0 Å². The summed E-state index contributed by atoms with van der Waals surface area (Å²) in [4.78, 5) is 0. The van der Waals surface area contributed by atoms with Crippen LogP contribution in [0, 0.1) is 19.8 Å². The molecule has 16 heavy (non-hydrogen) atoms. The molecule has 1 aromatic rings. The Morgan fingerprint density at radius 2 is 2.00 bits per heavy atom. The average Bonchev–Trinajstić information content (AvgIpc) is 2.20. The fraction of sp³-hybridized carbons (Fsp3) is 0.467. The fourth-order valence-corrected chi connectivity index (χ4v) is 1.81. The number of aryl methyl sites for hydroxylation is 2. The lowest BCUT2D eigenvalue weighted by Gasteiger charge is -2.12. The minimum absolute atomic E-state index is 0.591. The zero-order valence-electron chi connectivity index (χ0n) is 11.1.